The molecule has 2 aliphatic rings. The first-order chi connectivity index (χ1) is 8.08. The Labute approximate surface area is 105 Å². The van der Waals surface area contributed by atoms with E-state index in [2.05, 4.69) is 24.5 Å². The zero-order valence-electron chi connectivity index (χ0n) is 11.3. The first kappa shape index (κ1) is 12.9. The number of carbonyl (C=O) groups excluding carboxylic acids is 1. The minimum atomic E-state index is -0.0478. The molecular formula is C14H26N2O. The lowest BCUT2D eigenvalue weighted by Crippen LogP contribution is -2.51. The quantitative estimate of drug-likeness (QED) is 0.787. The molecule has 2 rings (SSSR count). The van der Waals surface area contributed by atoms with E-state index in [1.54, 1.807) is 0 Å². The fourth-order valence-corrected chi connectivity index (χ4v) is 2.77. The third kappa shape index (κ3) is 3.44. The van der Waals surface area contributed by atoms with E-state index in [4.69, 9.17) is 0 Å². The zero-order valence-corrected chi connectivity index (χ0v) is 11.3. The number of carbonyl (C=O) groups is 1. The predicted octanol–water partition coefficient (Wildman–Crippen LogP) is 2.07. The van der Waals surface area contributed by atoms with Crippen LogP contribution in [0.2, 0.25) is 0 Å². The first-order valence-corrected chi connectivity index (χ1v) is 7.14. The fourth-order valence-electron chi connectivity index (χ4n) is 2.77. The molecule has 2 N–H and O–H groups in total. The summed E-state index contributed by atoms with van der Waals surface area (Å²) >= 11 is 0. The van der Waals surface area contributed by atoms with Crippen LogP contribution in [0.3, 0.4) is 0 Å². The van der Waals surface area contributed by atoms with E-state index in [-0.39, 0.29) is 11.9 Å². The van der Waals surface area contributed by atoms with Crippen LogP contribution in [-0.2, 0) is 4.79 Å². The van der Waals surface area contributed by atoms with Crippen LogP contribution < -0.4 is 10.6 Å². The highest BCUT2D eigenvalue weighted by Crippen LogP contribution is 2.29. The molecule has 0 heterocycles. The molecule has 0 aliphatic heterocycles. The van der Waals surface area contributed by atoms with E-state index in [1.165, 1.54) is 19.3 Å². The maximum atomic E-state index is 11.9. The van der Waals surface area contributed by atoms with Crippen molar-refractivity contribution < 1.29 is 4.79 Å². The molecule has 0 radical (unpaired) electrons. The Kier molecular flexibility index (Phi) is 4.08. The average Bonchev–Trinajstić information content (AvgIpc) is 3.08. The largest absolute Gasteiger partial charge is 0.352 e. The van der Waals surface area contributed by atoms with Crippen molar-refractivity contribution in [2.45, 2.75) is 71.0 Å². The van der Waals surface area contributed by atoms with Crippen molar-refractivity contribution in [3.63, 3.8) is 0 Å². The highest BCUT2D eigenvalue weighted by Gasteiger charge is 2.30. The van der Waals surface area contributed by atoms with Gasteiger partial charge >= 0.3 is 0 Å². The van der Waals surface area contributed by atoms with Gasteiger partial charge in [-0.25, -0.2) is 0 Å². The lowest BCUT2D eigenvalue weighted by molar-refractivity contribution is -0.123. The van der Waals surface area contributed by atoms with E-state index in [0.29, 0.717) is 18.0 Å². The number of hydrogen-bond acceptors (Lipinski definition) is 2. The van der Waals surface area contributed by atoms with Crippen LogP contribution in [0.4, 0.5) is 0 Å². The highest BCUT2D eigenvalue weighted by atomic mass is 16.2. The molecule has 0 aromatic rings. The maximum absolute atomic E-state index is 11.9. The Morgan fingerprint density at radius 1 is 1.18 bits per heavy atom. The Morgan fingerprint density at radius 3 is 2.53 bits per heavy atom. The van der Waals surface area contributed by atoms with Gasteiger partial charge in [0.2, 0.25) is 5.91 Å². The van der Waals surface area contributed by atoms with Gasteiger partial charge in [0.15, 0.2) is 0 Å². The average molecular weight is 238 g/mol. The first-order valence-electron chi connectivity index (χ1n) is 7.14. The molecule has 4 unspecified atom stereocenters. The van der Waals surface area contributed by atoms with Gasteiger partial charge in [-0.3, -0.25) is 4.79 Å². The minimum Gasteiger partial charge on any atom is -0.352 e. The van der Waals surface area contributed by atoms with Crippen LogP contribution in [0, 0.1) is 11.8 Å². The normalized spacial score (nSPS) is 35.4. The number of hydrogen-bond donors (Lipinski definition) is 2. The lowest BCUT2D eigenvalue weighted by atomic mass is 9.78. The van der Waals surface area contributed by atoms with Crippen molar-refractivity contribution in [1.29, 1.82) is 0 Å². The molecular weight excluding hydrogens is 212 g/mol. The van der Waals surface area contributed by atoms with Gasteiger partial charge in [-0.1, -0.05) is 26.7 Å². The van der Waals surface area contributed by atoms with Gasteiger partial charge in [0, 0.05) is 12.1 Å². The SMILES string of the molecule is CC(NC1CCCC(C)C1C)C(=O)NC1CC1. The number of rotatable bonds is 4. The molecule has 17 heavy (non-hydrogen) atoms. The van der Waals surface area contributed by atoms with Crippen molar-refractivity contribution in [3.05, 3.63) is 0 Å². The Morgan fingerprint density at radius 2 is 1.88 bits per heavy atom. The third-order valence-corrected chi connectivity index (χ3v) is 4.49. The fraction of sp³-hybridized carbons (Fsp3) is 0.929. The van der Waals surface area contributed by atoms with Crippen LogP contribution in [-0.4, -0.2) is 24.0 Å². The summed E-state index contributed by atoms with van der Waals surface area (Å²) < 4.78 is 0. The molecule has 2 fully saturated rings. The van der Waals surface area contributed by atoms with Crippen molar-refractivity contribution in [3.8, 4) is 0 Å². The Hall–Kier alpha value is -0.570. The molecule has 3 nitrogen and oxygen atoms in total. The number of nitrogens with one attached hydrogen (secondary N) is 2. The third-order valence-electron chi connectivity index (χ3n) is 4.49. The summed E-state index contributed by atoms with van der Waals surface area (Å²) in [4.78, 5) is 11.9. The second kappa shape index (κ2) is 5.38. The Balaban J connectivity index is 1.79. The van der Waals surface area contributed by atoms with Gasteiger partial charge in [0.05, 0.1) is 6.04 Å². The molecule has 0 spiro atoms. The number of amides is 1. The molecule has 0 aromatic heterocycles. The second-order valence-electron chi connectivity index (χ2n) is 6.05. The standard InChI is InChI=1S/C14H26N2O/c1-9-5-4-6-13(10(9)2)15-11(3)14(17)16-12-7-8-12/h9-13,15H,4-8H2,1-3H3,(H,16,17). The van der Waals surface area contributed by atoms with Gasteiger partial charge in [0.1, 0.15) is 0 Å². The van der Waals surface area contributed by atoms with Crippen molar-refractivity contribution in [2.24, 2.45) is 11.8 Å². The molecule has 1 amide bonds. The van der Waals surface area contributed by atoms with E-state index in [0.717, 1.165) is 18.8 Å². The molecule has 0 aromatic carbocycles. The van der Waals surface area contributed by atoms with E-state index in [1.807, 2.05) is 6.92 Å². The van der Waals surface area contributed by atoms with Crippen LogP contribution in [0.5, 0.6) is 0 Å². The van der Waals surface area contributed by atoms with E-state index in [9.17, 15) is 4.79 Å². The summed E-state index contributed by atoms with van der Waals surface area (Å²) in [5.41, 5.74) is 0. The van der Waals surface area contributed by atoms with Crippen molar-refractivity contribution in [2.75, 3.05) is 0 Å². The summed E-state index contributed by atoms with van der Waals surface area (Å²) in [6.07, 6.45) is 6.17. The summed E-state index contributed by atoms with van der Waals surface area (Å²) in [5.74, 6) is 1.64. The van der Waals surface area contributed by atoms with E-state index >= 15 is 0 Å². The summed E-state index contributed by atoms with van der Waals surface area (Å²) in [5, 5.41) is 6.59. The maximum Gasteiger partial charge on any atom is 0.237 e. The van der Waals surface area contributed by atoms with Gasteiger partial charge in [-0.05, 0) is 38.0 Å². The monoisotopic (exact) mass is 238 g/mol. The van der Waals surface area contributed by atoms with E-state index < -0.39 is 0 Å². The summed E-state index contributed by atoms with van der Waals surface area (Å²) in [6.45, 7) is 6.63. The Bertz CT molecular complexity index is 275. The topological polar surface area (TPSA) is 41.1 Å². The lowest BCUT2D eigenvalue weighted by Gasteiger charge is -2.36. The van der Waals surface area contributed by atoms with Crippen molar-refractivity contribution in [1.82, 2.24) is 10.6 Å². The molecule has 2 saturated carbocycles. The van der Waals surface area contributed by atoms with Gasteiger partial charge < -0.3 is 10.6 Å². The van der Waals surface area contributed by atoms with Gasteiger partial charge in [-0.2, -0.15) is 0 Å². The molecule has 3 heteroatoms. The van der Waals surface area contributed by atoms with Crippen LogP contribution in [0.15, 0.2) is 0 Å². The predicted molar refractivity (Wildman–Crippen MR) is 69.7 cm³/mol. The summed E-state index contributed by atoms with van der Waals surface area (Å²) in [6, 6.07) is 0.932. The minimum absolute atomic E-state index is 0.0478. The smallest absolute Gasteiger partial charge is 0.237 e. The molecule has 4 atom stereocenters. The van der Waals surface area contributed by atoms with Crippen LogP contribution >= 0.6 is 0 Å². The summed E-state index contributed by atoms with van der Waals surface area (Å²) in [7, 11) is 0. The molecule has 0 saturated heterocycles. The molecule has 2 aliphatic carbocycles. The molecule has 0 bridgehead atoms. The van der Waals surface area contributed by atoms with Gasteiger partial charge in [-0.15, -0.1) is 0 Å². The van der Waals surface area contributed by atoms with Crippen molar-refractivity contribution >= 4 is 5.91 Å². The second-order valence-corrected chi connectivity index (χ2v) is 6.05. The molecule has 98 valence electrons. The van der Waals surface area contributed by atoms with Crippen LogP contribution in [0.25, 0.3) is 0 Å². The van der Waals surface area contributed by atoms with Gasteiger partial charge in [0.25, 0.3) is 0 Å². The van der Waals surface area contributed by atoms with Crippen LogP contribution in [0.1, 0.15) is 52.9 Å². The highest BCUT2D eigenvalue weighted by molar-refractivity contribution is 5.81. The zero-order chi connectivity index (χ0) is 12.4.